The molecule has 1 aliphatic rings. The first-order chi connectivity index (χ1) is 13.3. The molecule has 1 heterocycles. The summed E-state index contributed by atoms with van der Waals surface area (Å²) < 4.78 is 10.9. The van der Waals surface area contributed by atoms with Crippen molar-refractivity contribution >= 4 is 6.09 Å². The van der Waals surface area contributed by atoms with E-state index in [1.165, 1.54) is 12.7 Å². The van der Waals surface area contributed by atoms with Crippen molar-refractivity contribution in [3.05, 3.63) is 59.2 Å². The van der Waals surface area contributed by atoms with E-state index in [0.29, 0.717) is 25.3 Å². The highest BCUT2D eigenvalue weighted by Gasteiger charge is 2.32. The van der Waals surface area contributed by atoms with Gasteiger partial charge in [0, 0.05) is 18.0 Å². The van der Waals surface area contributed by atoms with Crippen molar-refractivity contribution in [1.29, 1.82) is 5.26 Å². The van der Waals surface area contributed by atoms with E-state index in [4.69, 9.17) is 14.7 Å². The first-order valence-electron chi connectivity index (χ1n) is 9.41. The van der Waals surface area contributed by atoms with E-state index in [9.17, 15) is 4.79 Å². The third-order valence-corrected chi connectivity index (χ3v) is 5.15. The molecule has 2 aromatic rings. The van der Waals surface area contributed by atoms with Crippen molar-refractivity contribution in [1.82, 2.24) is 4.90 Å². The maximum absolute atomic E-state index is 12.3. The Morgan fingerprint density at radius 3 is 2.57 bits per heavy atom. The summed E-state index contributed by atoms with van der Waals surface area (Å²) in [7, 11) is 1.41. The second kappa shape index (κ2) is 8.04. The van der Waals surface area contributed by atoms with E-state index in [1.807, 2.05) is 51.1 Å². The minimum atomic E-state index is -0.352. The normalized spacial score (nSPS) is 16.0. The van der Waals surface area contributed by atoms with Gasteiger partial charge in [0.2, 0.25) is 0 Å². The number of hydrogen-bond acceptors (Lipinski definition) is 4. The number of carbonyl (C=O) groups is 1. The molecule has 5 heteroatoms. The van der Waals surface area contributed by atoms with Gasteiger partial charge in [-0.15, -0.1) is 0 Å². The van der Waals surface area contributed by atoms with Crippen molar-refractivity contribution in [2.45, 2.75) is 38.8 Å². The van der Waals surface area contributed by atoms with Gasteiger partial charge in [-0.2, -0.15) is 5.26 Å². The average molecular weight is 378 g/mol. The van der Waals surface area contributed by atoms with Crippen molar-refractivity contribution in [3.8, 4) is 17.2 Å². The molecule has 1 atom stereocenters. The average Bonchev–Trinajstić information content (AvgIpc) is 2.70. The number of hydrogen-bond donors (Lipinski definition) is 0. The van der Waals surface area contributed by atoms with Gasteiger partial charge in [0.15, 0.2) is 0 Å². The highest BCUT2D eigenvalue weighted by molar-refractivity contribution is 5.71. The third-order valence-electron chi connectivity index (χ3n) is 5.15. The van der Waals surface area contributed by atoms with Crippen molar-refractivity contribution in [3.63, 3.8) is 0 Å². The molecule has 2 aromatic carbocycles. The smallest absolute Gasteiger partial charge is 0.409 e. The molecule has 28 heavy (non-hydrogen) atoms. The molecule has 0 bridgehead atoms. The number of rotatable bonds is 3. The van der Waals surface area contributed by atoms with Crippen LogP contribution in [0.2, 0.25) is 0 Å². The van der Waals surface area contributed by atoms with Crippen LogP contribution in [-0.2, 0) is 16.1 Å². The van der Waals surface area contributed by atoms with Crippen molar-refractivity contribution in [2.75, 3.05) is 20.3 Å². The molecule has 0 aromatic heterocycles. The van der Waals surface area contributed by atoms with Crippen LogP contribution in [0.3, 0.4) is 0 Å². The van der Waals surface area contributed by atoms with Gasteiger partial charge in [0.25, 0.3) is 0 Å². The monoisotopic (exact) mass is 378 g/mol. The predicted octanol–water partition coefficient (Wildman–Crippen LogP) is 4.71. The van der Waals surface area contributed by atoms with Gasteiger partial charge in [-0.05, 0) is 55.2 Å². The zero-order valence-corrected chi connectivity index (χ0v) is 16.9. The van der Waals surface area contributed by atoms with E-state index in [1.54, 1.807) is 4.90 Å². The van der Waals surface area contributed by atoms with Crippen LogP contribution in [0.15, 0.2) is 42.5 Å². The first kappa shape index (κ1) is 19.9. The van der Waals surface area contributed by atoms with E-state index in [0.717, 1.165) is 16.7 Å². The highest BCUT2D eigenvalue weighted by atomic mass is 16.5. The Morgan fingerprint density at radius 1 is 1.25 bits per heavy atom. The number of fused-ring (bicyclic) bond motifs is 1. The second-order valence-electron chi connectivity index (χ2n) is 8.03. The van der Waals surface area contributed by atoms with E-state index >= 15 is 0 Å². The Hall–Kier alpha value is -2.84. The molecular weight excluding hydrogens is 352 g/mol. The predicted molar refractivity (Wildman–Crippen MR) is 108 cm³/mol. The summed E-state index contributed by atoms with van der Waals surface area (Å²) in [5, 5.41) is 9.03. The Kier molecular flexibility index (Phi) is 5.71. The van der Waals surface area contributed by atoms with Crippen LogP contribution >= 0.6 is 0 Å². The Labute approximate surface area is 166 Å². The Bertz CT molecular complexity index is 892. The fraction of sp³-hybridized carbons (Fsp3) is 0.391. The van der Waals surface area contributed by atoms with Crippen LogP contribution in [0.25, 0.3) is 11.1 Å². The van der Waals surface area contributed by atoms with Gasteiger partial charge in [-0.3, -0.25) is 0 Å². The van der Waals surface area contributed by atoms with Crippen LogP contribution in [-0.4, -0.2) is 36.8 Å². The largest absolute Gasteiger partial charge is 0.453 e. The summed E-state index contributed by atoms with van der Waals surface area (Å²) in [4.78, 5) is 14.1. The molecule has 0 fully saturated rings. The molecule has 1 unspecified atom stereocenters. The lowest BCUT2D eigenvalue weighted by Gasteiger charge is -2.38. The van der Waals surface area contributed by atoms with Crippen LogP contribution in [0.5, 0.6) is 0 Å². The van der Waals surface area contributed by atoms with Gasteiger partial charge in [0.1, 0.15) is 0 Å². The van der Waals surface area contributed by atoms with E-state index < -0.39 is 0 Å². The van der Waals surface area contributed by atoms with Crippen molar-refractivity contribution in [2.24, 2.45) is 0 Å². The van der Waals surface area contributed by atoms with E-state index in [2.05, 4.69) is 18.2 Å². The quantitative estimate of drug-likeness (QED) is 0.776. The molecule has 0 radical (unpaired) electrons. The maximum Gasteiger partial charge on any atom is 0.409 e. The first-order valence-corrected chi connectivity index (χ1v) is 9.41. The highest BCUT2D eigenvalue weighted by Crippen LogP contribution is 2.35. The topological polar surface area (TPSA) is 62.6 Å². The van der Waals surface area contributed by atoms with E-state index in [-0.39, 0.29) is 17.6 Å². The number of ether oxygens (including phenoxy) is 2. The van der Waals surface area contributed by atoms with Gasteiger partial charge in [0.05, 0.1) is 32.0 Å². The fourth-order valence-electron chi connectivity index (χ4n) is 3.64. The molecule has 0 saturated carbocycles. The Morgan fingerprint density at radius 2 is 1.96 bits per heavy atom. The van der Waals surface area contributed by atoms with Gasteiger partial charge < -0.3 is 14.4 Å². The van der Waals surface area contributed by atoms with Crippen LogP contribution < -0.4 is 0 Å². The van der Waals surface area contributed by atoms with Crippen LogP contribution in [0, 0.1) is 11.3 Å². The number of benzene rings is 2. The number of nitriles is 1. The number of methoxy groups -OCH3 is 1. The molecular formula is C23H26N2O3. The summed E-state index contributed by atoms with van der Waals surface area (Å²) in [6.07, 6.45) is -0.331. The molecule has 0 saturated heterocycles. The molecule has 0 N–H and O–H groups in total. The molecule has 0 spiro atoms. The fourth-order valence-corrected chi connectivity index (χ4v) is 3.64. The van der Waals surface area contributed by atoms with Crippen LogP contribution in [0.1, 0.15) is 43.4 Å². The third kappa shape index (κ3) is 4.02. The van der Waals surface area contributed by atoms with Crippen LogP contribution in [0.4, 0.5) is 4.79 Å². The summed E-state index contributed by atoms with van der Waals surface area (Å²) in [5.74, 6) is 0.0698. The standard InChI is InChI=1S/C23H26N2O3/c1-23(2,3)25(22(26)27-4)13-18-14-28-15-21-19(6-5-7-20(18)21)17-10-8-16(12-24)9-11-17/h5-11,18H,13-15H2,1-4H3. The lowest BCUT2D eigenvalue weighted by Crippen LogP contribution is -2.48. The zero-order chi connectivity index (χ0) is 20.3. The Balaban J connectivity index is 1.96. The zero-order valence-electron chi connectivity index (χ0n) is 16.9. The molecule has 5 nitrogen and oxygen atoms in total. The lowest BCUT2D eigenvalue weighted by molar-refractivity contribution is 0.0505. The summed E-state index contributed by atoms with van der Waals surface area (Å²) in [5.41, 5.74) is 4.79. The number of carbonyl (C=O) groups excluding carboxylic acids is 1. The minimum Gasteiger partial charge on any atom is -0.453 e. The molecule has 1 amide bonds. The van der Waals surface area contributed by atoms with Gasteiger partial charge >= 0.3 is 6.09 Å². The summed E-state index contributed by atoms with van der Waals surface area (Å²) in [6, 6.07) is 16.0. The van der Waals surface area contributed by atoms with Crippen molar-refractivity contribution < 1.29 is 14.3 Å². The second-order valence-corrected chi connectivity index (χ2v) is 8.03. The van der Waals surface area contributed by atoms with Gasteiger partial charge in [-0.1, -0.05) is 30.3 Å². The molecule has 146 valence electrons. The van der Waals surface area contributed by atoms with Gasteiger partial charge in [-0.25, -0.2) is 4.79 Å². The maximum atomic E-state index is 12.3. The number of nitrogens with zero attached hydrogens (tertiary/aromatic N) is 2. The lowest BCUT2D eigenvalue weighted by atomic mass is 9.86. The molecule has 0 aliphatic carbocycles. The minimum absolute atomic E-state index is 0.0698. The summed E-state index contributed by atoms with van der Waals surface area (Å²) in [6.45, 7) is 7.63. The molecule has 1 aliphatic heterocycles. The number of amides is 1. The SMILES string of the molecule is COC(=O)N(CC1COCc2c(-c3ccc(C#N)cc3)cccc21)C(C)(C)C. The summed E-state index contributed by atoms with van der Waals surface area (Å²) >= 11 is 0. The molecule has 3 rings (SSSR count).